The molecule has 0 aliphatic heterocycles. The van der Waals surface area contributed by atoms with Crippen molar-refractivity contribution in [2.24, 2.45) is 11.8 Å². The van der Waals surface area contributed by atoms with E-state index in [1.165, 1.54) is 51.4 Å². The van der Waals surface area contributed by atoms with Crippen LogP contribution < -0.4 is 0 Å². The summed E-state index contributed by atoms with van der Waals surface area (Å²) < 4.78 is 10.8. The average molecular weight is 383 g/mol. The van der Waals surface area contributed by atoms with E-state index < -0.39 is 0 Å². The van der Waals surface area contributed by atoms with Crippen LogP contribution >= 0.6 is 0 Å². The summed E-state index contributed by atoms with van der Waals surface area (Å²) in [5, 5.41) is 0. The first-order valence-electron chi connectivity index (χ1n) is 11.4. The second-order valence-corrected chi connectivity index (χ2v) is 8.33. The van der Waals surface area contributed by atoms with Crippen LogP contribution in [0.3, 0.4) is 0 Å². The molecule has 4 nitrogen and oxygen atoms in total. The van der Waals surface area contributed by atoms with E-state index in [0.717, 1.165) is 38.5 Å². The summed E-state index contributed by atoms with van der Waals surface area (Å²) in [7, 11) is 0. The lowest BCUT2D eigenvalue weighted by molar-refractivity contribution is -0.165. The van der Waals surface area contributed by atoms with E-state index in [4.69, 9.17) is 9.47 Å². The first kappa shape index (κ1) is 24.0. The molecular formula is C23H42O4. The van der Waals surface area contributed by atoms with Crippen LogP contribution in [-0.2, 0) is 19.1 Å². The number of hydrogen-bond donors (Lipinski definition) is 0. The summed E-state index contributed by atoms with van der Waals surface area (Å²) in [5.41, 5.74) is 0. The van der Waals surface area contributed by atoms with Crippen molar-refractivity contribution in [1.29, 1.82) is 0 Å². The second kappa shape index (κ2) is 14.9. The van der Waals surface area contributed by atoms with Gasteiger partial charge in [-0.15, -0.1) is 0 Å². The summed E-state index contributed by atoms with van der Waals surface area (Å²) in [6.45, 7) is 6.43. The standard InChI is InChI=1S/C23H42O4/c1-4-5-6-7-8-9-10-11-12-15-18-26-22(24)20-16-13-14-17-21(20)23(25)27-19(2)3/h19-21H,4-18H2,1-3H3. The van der Waals surface area contributed by atoms with Crippen molar-refractivity contribution < 1.29 is 19.1 Å². The summed E-state index contributed by atoms with van der Waals surface area (Å²) >= 11 is 0. The van der Waals surface area contributed by atoms with Gasteiger partial charge in [-0.3, -0.25) is 9.59 Å². The third-order valence-corrected chi connectivity index (χ3v) is 5.47. The molecule has 0 heterocycles. The lowest BCUT2D eigenvalue weighted by Crippen LogP contribution is -2.36. The van der Waals surface area contributed by atoms with Crippen LogP contribution in [0.2, 0.25) is 0 Å². The van der Waals surface area contributed by atoms with Crippen LogP contribution in [0, 0.1) is 11.8 Å². The molecule has 1 saturated carbocycles. The van der Waals surface area contributed by atoms with Gasteiger partial charge in [0.2, 0.25) is 0 Å². The summed E-state index contributed by atoms with van der Waals surface area (Å²) in [6, 6.07) is 0. The number of ether oxygens (including phenoxy) is 2. The first-order chi connectivity index (χ1) is 13.1. The third kappa shape index (κ3) is 10.8. The van der Waals surface area contributed by atoms with Gasteiger partial charge in [-0.1, -0.05) is 77.6 Å². The molecule has 1 aliphatic rings. The SMILES string of the molecule is CCCCCCCCCCCCOC(=O)C1CCCCC1C(=O)OC(C)C. The lowest BCUT2D eigenvalue weighted by atomic mass is 9.79. The van der Waals surface area contributed by atoms with Gasteiger partial charge in [-0.05, 0) is 33.1 Å². The maximum atomic E-state index is 12.4. The summed E-state index contributed by atoms with van der Waals surface area (Å²) in [4.78, 5) is 24.7. The van der Waals surface area contributed by atoms with Crippen molar-refractivity contribution in [3.05, 3.63) is 0 Å². The molecular weight excluding hydrogens is 340 g/mol. The van der Waals surface area contributed by atoms with Crippen LogP contribution in [0.25, 0.3) is 0 Å². The molecule has 158 valence electrons. The molecule has 2 unspecified atom stereocenters. The van der Waals surface area contributed by atoms with E-state index in [1.54, 1.807) is 0 Å². The first-order valence-corrected chi connectivity index (χ1v) is 11.4. The molecule has 1 aliphatic carbocycles. The highest BCUT2D eigenvalue weighted by molar-refractivity contribution is 5.82. The minimum Gasteiger partial charge on any atom is -0.465 e. The molecule has 1 fully saturated rings. The Morgan fingerprint density at radius 3 is 1.78 bits per heavy atom. The number of rotatable bonds is 14. The van der Waals surface area contributed by atoms with Gasteiger partial charge in [0.25, 0.3) is 0 Å². The van der Waals surface area contributed by atoms with Gasteiger partial charge in [0.1, 0.15) is 0 Å². The maximum Gasteiger partial charge on any atom is 0.310 e. The Bertz CT molecular complexity index is 405. The highest BCUT2D eigenvalue weighted by atomic mass is 16.5. The van der Waals surface area contributed by atoms with E-state index in [9.17, 15) is 9.59 Å². The number of carbonyl (C=O) groups excluding carboxylic acids is 2. The Labute approximate surface area is 166 Å². The van der Waals surface area contributed by atoms with Crippen molar-refractivity contribution in [3.8, 4) is 0 Å². The van der Waals surface area contributed by atoms with Gasteiger partial charge in [0, 0.05) is 0 Å². The minimum absolute atomic E-state index is 0.136. The van der Waals surface area contributed by atoms with E-state index in [1.807, 2.05) is 13.8 Å². The fourth-order valence-corrected chi connectivity index (χ4v) is 3.88. The smallest absolute Gasteiger partial charge is 0.310 e. The zero-order valence-corrected chi connectivity index (χ0v) is 18.0. The molecule has 4 heteroatoms. The maximum absolute atomic E-state index is 12.4. The molecule has 0 spiro atoms. The number of esters is 2. The van der Waals surface area contributed by atoms with Gasteiger partial charge in [0.05, 0.1) is 24.5 Å². The normalized spacial score (nSPS) is 19.9. The predicted molar refractivity (Wildman–Crippen MR) is 109 cm³/mol. The number of unbranched alkanes of at least 4 members (excludes halogenated alkanes) is 9. The highest BCUT2D eigenvalue weighted by Crippen LogP contribution is 2.32. The number of carbonyl (C=O) groups is 2. The molecule has 0 amide bonds. The fraction of sp³-hybridized carbons (Fsp3) is 0.913. The molecule has 2 atom stereocenters. The Kier molecular flexibility index (Phi) is 13.3. The van der Waals surface area contributed by atoms with Crippen LogP contribution in [0.1, 0.15) is 111 Å². The van der Waals surface area contributed by atoms with Crippen molar-refractivity contribution in [3.63, 3.8) is 0 Å². The molecule has 0 aromatic rings. The minimum atomic E-state index is -0.318. The van der Waals surface area contributed by atoms with Crippen molar-refractivity contribution in [2.45, 2.75) is 117 Å². The molecule has 0 bridgehead atoms. The third-order valence-electron chi connectivity index (χ3n) is 5.47. The van der Waals surface area contributed by atoms with Gasteiger partial charge >= 0.3 is 11.9 Å². The van der Waals surface area contributed by atoms with Crippen molar-refractivity contribution in [1.82, 2.24) is 0 Å². The zero-order chi connectivity index (χ0) is 19.9. The number of hydrogen-bond acceptors (Lipinski definition) is 4. The Hall–Kier alpha value is -1.06. The van der Waals surface area contributed by atoms with Crippen LogP contribution in [-0.4, -0.2) is 24.6 Å². The Morgan fingerprint density at radius 2 is 1.26 bits per heavy atom. The van der Waals surface area contributed by atoms with E-state index in [0.29, 0.717) is 6.61 Å². The Balaban J connectivity index is 2.13. The molecule has 0 radical (unpaired) electrons. The second-order valence-electron chi connectivity index (χ2n) is 8.33. The Morgan fingerprint density at radius 1 is 0.778 bits per heavy atom. The largest absolute Gasteiger partial charge is 0.465 e. The van der Waals surface area contributed by atoms with Gasteiger partial charge < -0.3 is 9.47 Å². The average Bonchev–Trinajstić information content (AvgIpc) is 2.65. The summed E-state index contributed by atoms with van der Waals surface area (Å²) in [5.74, 6) is -1.06. The monoisotopic (exact) mass is 382 g/mol. The molecule has 0 saturated heterocycles. The van der Waals surface area contributed by atoms with Crippen molar-refractivity contribution >= 4 is 11.9 Å². The van der Waals surface area contributed by atoms with Crippen LogP contribution in [0.15, 0.2) is 0 Å². The lowest BCUT2D eigenvalue weighted by Gasteiger charge is -2.28. The van der Waals surface area contributed by atoms with Crippen LogP contribution in [0.5, 0.6) is 0 Å². The molecule has 1 rings (SSSR count). The van der Waals surface area contributed by atoms with E-state index >= 15 is 0 Å². The predicted octanol–water partition coefficient (Wildman–Crippen LogP) is 6.21. The molecule has 27 heavy (non-hydrogen) atoms. The molecule has 0 aromatic carbocycles. The topological polar surface area (TPSA) is 52.6 Å². The quantitative estimate of drug-likeness (QED) is 0.265. The van der Waals surface area contributed by atoms with Crippen molar-refractivity contribution in [2.75, 3.05) is 6.61 Å². The highest BCUT2D eigenvalue weighted by Gasteiger charge is 2.38. The zero-order valence-electron chi connectivity index (χ0n) is 18.0. The van der Waals surface area contributed by atoms with Gasteiger partial charge in [0.15, 0.2) is 0 Å². The van der Waals surface area contributed by atoms with Gasteiger partial charge in [-0.25, -0.2) is 0 Å². The molecule has 0 N–H and O–H groups in total. The fourth-order valence-electron chi connectivity index (χ4n) is 3.88. The van der Waals surface area contributed by atoms with E-state index in [2.05, 4.69) is 6.92 Å². The van der Waals surface area contributed by atoms with Gasteiger partial charge in [-0.2, -0.15) is 0 Å². The van der Waals surface area contributed by atoms with E-state index in [-0.39, 0.29) is 29.9 Å². The summed E-state index contributed by atoms with van der Waals surface area (Å²) in [6.07, 6.45) is 16.0. The molecule has 0 aromatic heterocycles. The van der Waals surface area contributed by atoms with Crippen LogP contribution in [0.4, 0.5) is 0 Å².